The van der Waals surface area contributed by atoms with Crippen LogP contribution in [0.5, 0.6) is 0 Å². The molecule has 0 aliphatic carbocycles. The number of ether oxygens (including phenoxy) is 1. The number of benzene rings is 1. The average Bonchev–Trinajstić information content (AvgIpc) is 2.34. The third kappa shape index (κ3) is 3.89. The summed E-state index contributed by atoms with van der Waals surface area (Å²) >= 11 is 5.19. The molecule has 0 saturated carbocycles. The van der Waals surface area contributed by atoms with Gasteiger partial charge in [-0.2, -0.15) is 0 Å². The lowest BCUT2D eigenvalue weighted by molar-refractivity contribution is 0.161. The lowest BCUT2D eigenvalue weighted by Gasteiger charge is -2.20. The molecule has 4 heteroatoms. The number of nitrogens with one attached hydrogen (secondary N) is 1. The minimum absolute atomic E-state index is 0.282. The molecule has 1 rings (SSSR count). The first-order valence-corrected chi connectivity index (χ1v) is 5.24. The maximum atomic E-state index is 5.19. The van der Waals surface area contributed by atoms with Gasteiger partial charge in [-0.15, -0.1) is 6.42 Å². The summed E-state index contributed by atoms with van der Waals surface area (Å²) in [5.74, 6) is 2.38. The Kier molecular flexibility index (Phi) is 5.34. The molecule has 0 aromatic heterocycles. The van der Waals surface area contributed by atoms with Crippen molar-refractivity contribution in [3.8, 4) is 12.3 Å². The molecule has 16 heavy (non-hydrogen) atoms. The summed E-state index contributed by atoms with van der Waals surface area (Å²) in [6.45, 7) is 0.602. The second-order valence-electron chi connectivity index (χ2n) is 3.07. The highest BCUT2D eigenvalue weighted by Crippen LogP contribution is 2.10. The number of hydrogen-bond acceptors (Lipinski definition) is 2. The standard InChI is InChI=1S/C12H14N2OS/c1-3-9-15-10-13-12(16)14(2)11-7-5-4-6-8-11/h1,4-8H,9-10H2,2H3,(H,13,16). The van der Waals surface area contributed by atoms with Crippen molar-refractivity contribution in [1.82, 2.24) is 5.32 Å². The molecule has 0 aliphatic rings. The van der Waals surface area contributed by atoms with Crippen molar-refractivity contribution in [3.05, 3.63) is 30.3 Å². The topological polar surface area (TPSA) is 24.5 Å². The number of nitrogens with zero attached hydrogens (tertiary/aromatic N) is 1. The first kappa shape index (κ1) is 12.5. The van der Waals surface area contributed by atoms with Gasteiger partial charge in [-0.3, -0.25) is 0 Å². The van der Waals surface area contributed by atoms with Crippen LogP contribution in [0.2, 0.25) is 0 Å². The van der Waals surface area contributed by atoms with Crippen LogP contribution in [0, 0.1) is 12.3 Å². The fourth-order valence-electron chi connectivity index (χ4n) is 1.11. The lowest BCUT2D eigenvalue weighted by atomic mass is 10.3. The fourth-order valence-corrected chi connectivity index (χ4v) is 1.27. The monoisotopic (exact) mass is 234 g/mol. The summed E-state index contributed by atoms with van der Waals surface area (Å²) in [7, 11) is 1.89. The number of hydrogen-bond donors (Lipinski definition) is 1. The normalized spacial score (nSPS) is 9.25. The molecule has 0 spiro atoms. The van der Waals surface area contributed by atoms with E-state index in [-0.39, 0.29) is 6.61 Å². The highest BCUT2D eigenvalue weighted by molar-refractivity contribution is 7.80. The molecule has 0 amide bonds. The first-order chi connectivity index (χ1) is 7.75. The Labute approximate surface area is 101 Å². The van der Waals surface area contributed by atoms with Gasteiger partial charge in [0.15, 0.2) is 5.11 Å². The van der Waals surface area contributed by atoms with E-state index in [0.29, 0.717) is 11.8 Å². The smallest absolute Gasteiger partial charge is 0.174 e. The number of thiocarbonyl (C=S) groups is 1. The van der Waals surface area contributed by atoms with Gasteiger partial charge in [-0.05, 0) is 24.4 Å². The third-order valence-electron chi connectivity index (χ3n) is 1.96. The van der Waals surface area contributed by atoms with Crippen LogP contribution in [0.3, 0.4) is 0 Å². The van der Waals surface area contributed by atoms with E-state index in [1.54, 1.807) is 0 Å². The first-order valence-electron chi connectivity index (χ1n) is 4.83. The maximum absolute atomic E-state index is 5.19. The van der Waals surface area contributed by atoms with E-state index in [2.05, 4.69) is 11.2 Å². The van der Waals surface area contributed by atoms with Crippen molar-refractivity contribution < 1.29 is 4.74 Å². The predicted molar refractivity (Wildman–Crippen MR) is 70.2 cm³/mol. The minimum atomic E-state index is 0.282. The molecular formula is C12H14N2OS. The Balaban J connectivity index is 2.40. The Hall–Kier alpha value is -1.57. The molecule has 0 fully saturated rings. The summed E-state index contributed by atoms with van der Waals surface area (Å²) in [6, 6.07) is 9.85. The van der Waals surface area contributed by atoms with Crippen molar-refractivity contribution in [2.45, 2.75) is 0 Å². The van der Waals surface area contributed by atoms with Crippen molar-refractivity contribution in [2.24, 2.45) is 0 Å². The van der Waals surface area contributed by atoms with Crippen LogP contribution in [0.25, 0.3) is 0 Å². The largest absolute Gasteiger partial charge is 0.349 e. The molecule has 0 unspecified atom stereocenters. The van der Waals surface area contributed by atoms with Gasteiger partial charge in [0.05, 0.1) is 0 Å². The van der Waals surface area contributed by atoms with Gasteiger partial charge >= 0.3 is 0 Å². The molecule has 1 aromatic carbocycles. The van der Waals surface area contributed by atoms with E-state index in [0.717, 1.165) is 5.69 Å². The number of para-hydroxylation sites is 1. The van der Waals surface area contributed by atoms with Gasteiger partial charge in [0.25, 0.3) is 0 Å². The van der Waals surface area contributed by atoms with Gasteiger partial charge in [0, 0.05) is 12.7 Å². The van der Waals surface area contributed by atoms with Crippen molar-refractivity contribution in [3.63, 3.8) is 0 Å². The highest BCUT2D eigenvalue weighted by atomic mass is 32.1. The van der Waals surface area contributed by atoms with E-state index < -0.39 is 0 Å². The summed E-state index contributed by atoms with van der Waals surface area (Å²) in [4.78, 5) is 1.87. The van der Waals surface area contributed by atoms with Crippen LogP contribution in [-0.4, -0.2) is 25.5 Å². The number of rotatable bonds is 4. The van der Waals surface area contributed by atoms with Crippen LogP contribution >= 0.6 is 12.2 Å². The SMILES string of the molecule is C#CCOCNC(=S)N(C)c1ccccc1. The van der Waals surface area contributed by atoms with E-state index in [9.17, 15) is 0 Å². The summed E-state index contributed by atoms with van der Waals surface area (Å²) in [5.41, 5.74) is 1.02. The van der Waals surface area contributed by atoms with Crippen molar-refractivity contribution in [2.75, 3.05) is 25.3 Å². The molecule has 0 aliphatic heterocycles. The van der Waals surface area contributed by atoms with E-state index in [4.69, 9.17) is 23.4 Å². The van der Waals surface area contributed by atoms with Gasteiger partial charge < -0.3 is 15.0 Å². The van der Waals surface area contributed by atoms with Gasteiger partial charge in [-0.25, -0.2) is 0 Å². The molecular weight excluding hydrogens is 220 g/mol. The van der Waals surface area contributed by atoms with Crippen LogP contribution < -0.4 is 10.2 Å². The minimum Gasteiger partial charge on any atom is -0.349 e. The Morgan fingerprint density at radius 1 is 1.50 bits per heavy atom. The van der Waals surface area contributed by atoms with Crippen LogP contribution in [-0.2, 0) is 4.74 Å². The molecule has 0 bridgehead atoms. The molecule has 3 nitrogen and oxygen atoms in total. The molecule has 1 aromatic rings. The molecule has 1 N–H and O–H groups in total. The fraction of sp³-hybridized carbons (Fsp3) is 0.250. The molecule has 0 radical (unpaired) electrons. The van der Waals surface area contributed by atoms with Gasteiger partial charge in [0.1, 0.15) is 13.3 Å². The lowest BCUT2D eigenvalue weighted by Crippen LogP contribution is -2.38. The molecule has 0 saturated heterocycles. The zero-order valence-corrected chi connectivity index (χ0v) is 9.96. The Morgan fingerprint density at radius 2 is 2.19 bits per heavy atom. The number of anilines is 1. The maximum Gasteiger partial charge on any atom is 0.174 e. The summed E-state index contributed by atoms with van der Waals surface area (Å²) < 4.78 is 5.08. The molecule has 84 valence electrons. The van der Waals surface area contributed by atoms with Crippen molar-refractivity contribution >= 4 is 23.0 Å². The Bertz CT molecular complexity index is 372. The summed E-state index contributed by atoms with van der Waals surface area (Å²) in [6.07, 6.45) is 5.05. The van der Waals surface area contributed by atoms with Gasteiger partial charge in [0.2, 0.25) is 0 Å². The summed E-state index contributed by atoms with van der Waals surface area (Å²) in [5, 5.41) is 3.56. The second kappa shape index (κ2) is 6.83. The average molecular weight is 234 g/mol. The zero-order chi connectivity index (χ0) is 11.8. The Morgan fingerprint density at radius 3 is 2.81 bits per heavy atom. The second-order valence-corrected chi connectivity index (χ2v) is 3.46. The van der Waals surface area contributed by atoms with Gasteiger partial charge in [-0.1, -0.05) is 24.1 Å². The zero-order valence-electron chi connectivity index (χ0n) is 9.14. The van der Waals surface area contributed by atoms with Crippen LogP contribution in [0.1, 0.15) is 0 Å². The molecule has 0 heterocycles. The van der Waals surface area contributed by atoms with E-state index in [1.807, 2.05) is 42.3 Å². The molecule has 0 atom stereocenters. The van der Waals surface area contributed by atoms with Crippen LogP contribution in [0.15, 0.2) is 30.3 Å². The van der Waals surface area contributed by atoms with E-state index >= 15 is 0 Å². The highest BCUT2D eigenvalue weighted by Gasteiger charge is 2.04. The van der Waals surface area contributed by atoms with Crippen LogP contribution in [0.4, 0.5) is 5.69 Å². The third-order valence-corrected chi connectivity index (χ3v) is 2.38. The quantitative estimate of drug-likeness (QED) is 0.370. The van der Waals surface area contributed by atoms with Crippen molar-refractivity contribution in [1.29, 1.82) is 0 Å². The number of terminal acetylenes is 1. The predicted octanol–water partition coefficient (Wildman–Crippen LogP) is 1.60. The van der Waals surface area contributed by atoms with E-state index in [1.165, 1.54) is 0 Å².